The van der Waals surface area contributed by atoms with Gasteiger partial charge in [-0.05, 0) is 61.2 Å². The SMILES string of the molecule is Cc1c(S(=O)(=O)c2ccc(CN=C(NC#N)Nc3ccccc3)cc2)ccnc1C1CCOCC1. The van der Waals surface area contributed by atoms with Crippen molar-refractivity contribution in [1.82, 2.24) is 10.3 Å². The molecule has 0 atom stereocenters. The number of aromatic nitrogens is 1. The lowest BCUT2D eigenvalue weighted by Crippen LogP contribution is -2.26. The van der Waals surface area contributed by atoms with E-state index in [-0.39, 0.29) is 22.3 Å². The molecule has 2 N–H and O–H groups in total. The number of benzene rings is 2. The Balaban J connectivity index is 1.52. The number of para-hydroxylation sites is 1. The first-order valence-corrected chi connectivity index (χ1v) is 12.9. The Bertz CT molecular complexity index is 1330. The van der Waals surface area contributed by atoms with E-state index in [1.54, 1.807) is 36.5 Å². The summed E-state index contributed by atoms with van der Waals surface area (Å²) in [6.45, 7) is 3.43. The van der Waals surface area contributed by atoms with Crippen molar-refractivity contribution in [3.63, 3.8) is 0 Å². The first-order valence-electron chi connectivity index (χ1n) is 11.4. The fraction of sp³-hybridized carbons (Fsp3) is 0.269. The molecular formula is C26H27N5O3S. The van der Waals surface area contributed by atoms with Crippen LogP contribution in [0.2, 0.25) is 0 Å². The summed E-state index contributed by atoms with van der Waals surface area (Å²) in [4.78, 5) is 9.41. The van der Waals surface area contributed by atoms with Crippen LogP contribution in [0.25, 0.3) is 0 Å². The Labute approximate surface area is 205 Å². The smallest absolute Gasteiger partial charge is 0.209 e. The van der Waals surface area contributed by atoms with Gasteiger partial charge in [0.2, 0.25) is 15.8 Å². The van der Waals surface area contributed by atoms with Gasteiger partial charge >= 0.3 is 0 Å². The molecule has 1 aliphatic heterocycles. The van der Waals surface area contributed by atoms with Crippen LogP contribution in [-0.2, 0) is 21.1 Å². The quantitative estimate of drug-likeness (QED) is 0.231. The van der Waals surface area contributed by atoms with Crippen molar-refractivity contribution in [3.8, 4) is 6.19 Å². The zero-order chi connectivity index (χ0) is 24.7. The molecule has 4 rings (SSSR count). The van der Waals surface area contributed by atoms with E-state index < -0.39 is 9.84 Å². The highest BCUT2D eigenvalue weighted by Crippen LogP contribution is 2.32. The fourth-order valence-corrected chi connectivity index (χ4v) is 5.60. The zero-order valence-electron chi connectivity index (χ0n) is 19.4. The van der Waals surface area contributed by atoms with Crippen molar-refractivity contribution >= 4 is 21.5 Å². The van der Waals surface area contributed by atoms with Crippen LogP contribution in [0.4, 0.5) is 5.69 Å². The molecule has 1 aliphatic rings. The number of rotatable bonds is 6. The monoisotopic (exact) mass is 489 g/mol. The summed E-state index contributed by atoms with van der Waals surface area (Å²) in [5.41, 5.74) is 3.14. The maximum atomic E-state index is 13.4. The summed E-state index contributed by atoms with van der Waals surface area (Å²) in [5.74, 6) is 0.517. The number of hydrogen-bond acceptors (Lipinski definition) is 6. The average Bonchev–Trinajstić information content (AvgIpc) is 2.89. The molecule has 0 radical (unpaired) electrons. The maximum absolute atomic E-state index is 13.4. The number of ether oxygens (including phenoxy) is 1. The van der Waals surface area contributed by atoms with Crippen LogP contribution in [0.1, 0.15) is 35.6 Å². The molecule has 0 unspecified atom stereocenters. The molecule has 1 aromatic heterocycles. The summed E-state index contributed by atoms with van der Waals surface area (Å²) in [7, 11) is -3.70. The Morgan fingerprint density at radius 2 is 1.83 bits per heavy atom. The maximum Gasteiger partial charge on any atom is 0.209 e. The molecule has 2 aromatic carbocycles. The molecule has 0 saturated carbocycles. The number of aliphatic imine (C=N–C) groups is 1. The van der Waals surface area contributed by atoms with Crippen LogP contribution in [0, 0.1) is 18.4 Å². The molecule has 9 heteroatoms. The van der Waals surface area contributed by atoms with Gasteiger partial charge in [-0.2, -0.15) is 5.26 Å². The van der Waals surface area contributed by atoms with Crippen molar-refractivity contribution in [2.24, 2.45) is 4.99 Å². The molecule has 180 valence electrons. The molecule has 1 fully saturated rings. The first kappa shape index (κ1) is 24.4. The number of hydrogen-bond donors (Lipinski definition) is 2. The molecule has 0 spiro atoms. The van der Waals surface area contributed by atoms with Crippen molar-refractivity contribution in [2.75, 3.05) is 18.5 Å². The molecule has 35 heavy (non-hydrogen) atoms. The highest BCUT2D eigenvalue weighted by Gasteiger charge is 2.25. The Kier molecular flexibility index (Phi) is 7.75. The number of nitrogens with one attached hydrogen (secondary N) is 2. The van der Waals surface area contributed by atoms with Crippen molar-refractivity contribution in [2.45, 2.75) is 42.0 Å². The van der Waals surface area contributed by atoms with Gasteiger partial charge in [0.15, 0.2) is 6.19 Å². The Hall–Kier alpha value is -3.74. The third-order valence-electron chi connectivity index (χ3n) is 5.96. The summed E-state index contributed by atoms with van der Waals surface area (Å²) in [6, 6.07) is 17.6. The Morgan fingerprint density at radius 1 is 1.11 bits per heavy atom. The summed E-state index contributed by atoms with van der Waals surface area (Å²) < 4.78 is 32.3. The van der Waals surface area contributed by atoms with Gasteiger partial charge in [0.05, 0.1) is 16.3 Å². The molecule has 0 aliphatic carbocycles. The number of guanidine groups is 1. The highest BCUT2D eigenvalue weighted by molar-refractivity contribution is 7.91. The summed E-state index contributed by atoms with van der Waals surface area (Å²) in [6.07, 6.45) is 5.13. The van der Waals surface area contributed by atoms with E-state index in [0.29, 0.717) is 24.7 Å². The minimum absolute atomic E-state index is 0.208. The molecule has 2 heterocycles. The number of nitrogens with zero attached hydrogens (tertiary/aromatic N) is 3. The third-order valence-corrected chi connectivity index (χ3v) is 7.87. The van der Waals surface area contributed by atoms with Gasteiger partial charge in [-0.1, -0.05) is 30.3 Å². The predicted molar refractivity (Wildman–Crippen MR) is 134 cm³/mol. The van der Waals surface area contributed by atoms with Gasteiger partial charge in [-0.15, -0.1) is 0 Å². The number of pyridine rings is 1. The lowest BCUT2D eigenvalue weighted by Gasteiger charge is -2.23. The Morgan fingerprint density at radius 3 is 2.51 bits per heavy atom. The van der Waals surface area contributed by atoms with Crippen LogP contribution in [0.3, 0.4) is 0 Å². The number of nitriles is 1. The average molecular weight is 490 g/mol. The lowest BCUT2D eigenvalue weighted by molar-refractivity contribution is 0.0843. The second kappa shape index (κ2) is 11.1. The molecule has 3 aromatic rings. The van der Waals surface area contributed by atoms with Crippen LogP contribution in [-0.4, -0.2) is 32.6 Å². The van der Waals surface area contributed by atoms with Gasteiger partial charge in [-0.25, -0.2) is 13.4 Å². The molecule has 0 amide bonds. The number of sulfone groups is 1. The van der Waals surface area contributed by atoms with E-state index in [0.717, 1.165) is 29.8 Å². The standard InChI is InChI=1S/C26H27N5O3S/c1-19-24(11-14-28-25(19)21-12-15-34-16-13-21)35(32,33)23-9-7-20(8-10-23)17-29-26(30-18-27)31-22-5-3-2-4-6-22/h2-11,14,21H,12-13,15-17H2,1H3,(H2,29,30,31). The molecule has 8 nitrogen and oxygen atoms in total. The topological polar surface area (TPSA) is 116 Å². The van der Waals surface area contributed by atoms with E-state index in [1.165, 1.54) is 0 Å². The predicted octanol–water partition coefficient (Wildman–Crippen LogP) is 4.16. The van der Waals surface area contributed by atoms with Crippen molar-refractivity contribution < 1.29 is 13.2 Å². The summed E-state index contributed by atoms with van der Waals surface area (Å²) >= 11 is 0. The van der Waals surface area contributed by atoms with E-state index in [1.807, 2.05) is 43.4 Å². The van der Waals surface area contributed by atoms with Gasteiger partial charge < -0.3 is 10.1 Å². The van der Waals surface area contributed by atoms with Crippen LogP contribution >= 0.6 is 0 Å². The van der Waals surface area contributed by atoms with Gasteiger partial charge in [0.25, 0.3) is 0 Å². The highest BCUT2D eigenvalue weighted by atomic mass is 32.2. The van der Waals surface area contributed by atoms with Gasteiger partial charge in [-0.3, -0.25) is 10.3 Å². The first-order chi connectivity index (χ1) is 17.0. The fourth-order valence-electron chi connectivity index (χ4n) is 4.10. The molecule has 0 bridgehead atoms. The van der Waals surface area contributed by atoms with Crippen LogP contribution in [0.15, 0.2) is 81.6 Å². The van der Waals surface area contributed by atoms with E-state index >= 15 is 0 Å². The van der Waals surface area contributed by atoms with Gasteiger partial charge in [0, 0.05) is 36.7 Å². The molecular weight excluding hydrogens is 462 g/mol. The second-order valence-electron chi connectivity index (χ2n) is 8.25. The lowest BCUT2D eigenvalue weighted by atomic mass is 9.93. The van der Waals surface area contributed by atoms with Crippen LogP contribution in [0.5, 0.6) is 0 Å². The number of anilines is 1. The molecule has 1 saturated heterocycles. The normalized spacial score (nSPS) is 14.8. The second-order valence-corrected chi connectivity index (χ2v) is 10.2. The van der Waals surface area contributed by atoms with Crippen LogP contribution < -0.4 is 10.6 Å². The van der Waals surface area contributed by atoms with E-state index in [2.05, 4.69) is 20.6 Å². The van der Waals surface area contributed by atoms with E-state index in [9.17, 15) is 8.42 Å². The zero-order valence-corrected chi connectivity index (χ0v) is 20.3. The van der Waals surface area contributed by atoms with Crippen molar-refractivity contribution in [1.29, 1.82) is 5.26 Å². The van der Waals surface area contributed by atoms with E-state index in [4.69, 9.17) is 10.00 Å². The minimum atomic E-state index is -3.70. The summed E-state index contributed by atoms with van der Waals surface area (Å²) in [5, 5.41) is 14.6. The largest absolute Gasteiger partial charge is 0.381 e. The third kappa shape index (κ3) is 5.85. The van der Waals surface area contributed by atoms with Gasteiger partial charge in [0.1, 0.15) is 0 Å². The van der Waals surface area contributed by atoms with Crippen molar-refractivity contribution in [3.05, 3.63) is 83.7 Å². The minimum Gasteiger partial charge on any atom is -0.381 e.